The molecule has 0 saturated carbocycles. The van der Waals surface area contributed by atoms with Crippen molar-refractivity contribution in [1.29, 1.82) is 0 Å². The van der Waals surface area contributed by atoms with Crippen molar-refractivity contribution in [2.75, 3.05) is 7.05 Å². The number of nitrogens with one attached hydrogen (secondary N) is 1. The van der Waals surface area contributed by atoms with Gasteiger partial charge in [-0.1, -0.05) is 25.1 Å². The topological polar surface area (TPSA) is 12.0 Å². The molecule has 1 unspecified atom stereocenters. The molecule has 0 spiro atoms. The predicted octanol–water partition coefficient (Wildman–Crippen LogP) is 2.71. The van der Waals surface area contributed by atoms with Crippen LogP contribution in [0.5, 0.6) is 0 Å². The van der Waals surface area contributed by atoms with Gasteiger partial charge in [-0.05, 0) is 50.4 Å². The summed E-state index contributed by atoms with van der Waals surface area (Å²) in [5.41, 5.74) is 4.43. The first-order chi connectivity index (χ1) is 6.69. The van der Waals surface area contributed by atoms with E-state index in [1.807, 2.05) is 7.05 Å². The minimum absolute atomic E-state index is 0.556. The Hall–Kier alpha value is -0.820. The number of hydrogen-bond donors (Lipinski definition) is 1. The van der Waals surface area contributed by atoms with Gasteiger partial charge in [0.25, 0.3) is 0 Å². The van der Waals surface area contributed by atoms with Crippen LogP contribution in [0.2, 0.25) is 0 Å². The van der Waals surface area contributed by atoms with Gasteiger partial charge in [-0.25, -0.2) is 0 Å². The van der Waals surface area contributed by atoms with Crippen LogP contribution in [0.4, 0.5) is 0 Å². The quantitative estimate of drug-likeness (QED) is 0.771. The number of likely N-dealkylation sites (N-methyl/N-ethyl adjacent to an activating group) is 1. The second kappa shape index (κ2) is 5.16. The molecule has 0 saturated heterocycles. The van der Waals surface area contributed by atoms with Crippen LogP contribution in [0.3, 0.4) is 0 Å². The summed E-state index contributed by atoms with van der Waals surface area (Å²) < 4.78 is 0. The number of aryl methyl sites for hydroxylation is 1. The van der Waals surface area contributed by atoms with E-state index in [2.05, 4.69) is 44.3 Å². The van der Waals surface area contributed by atoms with Crippen molar-refractivity contribution in [3.8, 4) is 0 Å². The van der Waals surface area contributed by atoms with Gasteiger partial charge in [-0.2, -0.15) is 0 Å². The molecule has 1 aromatic carbocycles. The van der Waals surface area contributed by atoms with E-state index < -0.39 is 0 Å². The zero-order chi connectivity index (χ0) is 10.6. The van der Waals surface area contributed by atoms with Crippen LogP contribution >= 0.6 is 0 Å². The standard InChI is InChI=1S/C13H21N/c1-5-12-7-6-8-13(11(12)3)9-10(2)14-4/h6-8,10,14H,5,9H2,1-4H3. The van der Waals surface area contributed by atoms with E-state index in [0.29, 0.717) is 6.04 Å². The SMILES string of the molecule is CCc1cccc(CC(C)NC)c1C. The van der Waals surface area contributed by atoms with E-state index in [1.54, 1.807) is 0 Å². The average molecular weight is 191 g/mol. The summed E-state index contributed by atoms with van der Waals surface area (Å²) in [7, 11) is 2.02. The Balaban J connectivity index is 2.86. The van der Waals surface area contributed by atoms with Crippen molar-refractivity contribution >= 4 is 0 Å². The fraction of sp³-hybridized carbons (Fsp3) is 0.538. The normalized spacial score (nSPS) is 12.9. The summed E-state index contributed by atoms with van der Waals surface area (Å²) in [5.74, 6) is 0. The van der Waals surface area contributed by atoms with Crippen LogP contribution < -0.4 is 5.32 Å². The maximum atomic E-state index is 3.28. The first kappa shape index (κ1) is 11.3. The van der Waals surface area contributed by atoms with Crippen LogP contribution in [0.15, 0.2) is 18.2 Å². The van der Waals surface area contributed by atoms with Crippen LogP contribution in [-0.2, 0) is 12.8 Å². The van der Waals surface area contributed by atoms with Crippen molar-refractivity contribution in [3.63, 3.8) is 0 Å². The van der Waals surface area contributed by atoms with Crippen LogP contribution in [0.1, 0.15) is 30.5 Å². The second-order valence-corrected chi connectivity index (χ2v) is 3.95. The number of hydrogen-bond acceptors (Lipinski definition) is 1. The third-order valence-corrected chi connectivity index (χ3v) is 2.96. The van der Waals surface area contributed by atoms with Crippen molar-refractivity contribution < 1.29 is 0 Å². The molecule has 0 amide bonds. The van der Waals surface area contributed by atoms with Crippen LogP contribution in [0.25, 0.3) is 0 Å². The van der Waals surface area contributed by atoms with E-state index in [1.165, 1.54) is 16.7 Å². The molecule has 14 heavy (non-hydrogen) atoms. The second-order valence-electron chi connectivity index (χ2n) is 3.95. The lowest BCUT2D eigenvalue weighted by Gasteiger charge is -2.14. The number of rotatable bonds is 4. The summed E-state index contributed by atoms with van der Waals surface area (Å²) in [6, 6.07) is 7.19. The fourth-order valence-corrected chi connectivity index (χ4v) is 1.77. The van der Waals surface area contributed by atoms with Crippen LogP contribution in [-0.4, -0.2) is 13.1 Å². The molecular formula is C13H21N. The van der Waals surface area contributed by atoms with Gasteiger partial charge in [0.2, 0.25) is 0 Å². The van der Waals surface area contributed by atoms with Gasteiger partial charge < -0.3 is 5.32 Å². The molecule has 0 radical (unpaired) electrons. The Kier molecular flexibility index (Phi) is 4.15. The highest BCUT2D eigenvalue weighted by molar-refractivity contribution is 5.34. The maximum Gasteiger partial charge on any atom is 0.00762 e. The molecule has 0 bridgehead atoms. The van der Waals surface area contributed by atoms with Gasteiger partial charge in [0.1, 0.15) is 0 Å². The molecule has 0 fully saturated rings. The van der Waals surface area contributed by atoms with E-state index >= 15 is 0 Å². The van der Waals surface area contributed by atoms with E-state index in [0.717, 1.165) is 12.8 Å². The van der Waals surface area contributed by atoms with Crippen molar-refractivity contribution in [3.05, 3.63) is 34.9 Å². The van der Waals surface area contributed by atoms with Crippen LogP contribution in [0, 0.1) is 6.92 Å². The van der Waals surface area contributed by atoms with E-state index in [9.17, 15) is 0 Å². The molecule has 0 aliphatic carbocycles. The molecule has 1 aromatic rings. The molecule has 78 valence electrons. The van der Waals surface area contributed by atoms with Gasteiger partial charge in [0, 0.05) is 6.04 Å². The Bertz CT molecular complexity index is 291. The zero-order valence-corrected chi connectivity index (χ0v) is 9.72. The summed E-state index contributed by atoms with van der Waals surface area (Å²) in [4.78, 5) is 0. The first-order valence-electron chi connectivity index (χ1n) is 5.43. The van der Waals surface area contributed by atoms with Gasteiger partial charge in [-0.15, -0.1) is 0 Å². The monoisotopic (exact) mass is 191 g/mol. The summed E-state index contributed by atoms with van der Waals surface area (Å²) in [6.07, 6.45) is 2.25. The highest BCUT2D eigenvalue weighted by Gasteiger charge is 2.05. The van der Waals surface area contributed by atoms with Crippen molar-refractivity contribution in [1.82, 2.24) is 5.32 Å². The zero-order valence-electron chi connectivity index (χ0n) is 9.72. The van der Waals surface area contributed by atoms with E-state index in [-0.39, 0.29) is 0 Å². The molecule has 0 aliphatic heterocycles. The van der Waals surface area contributed by atoms with Gasteiger partial charge in [0.15, 0.2) is 0 Å². The maximum absolute atomic E-state index is 3.28. The molecule has 0 aliphatic rings. The highest BCUT2D eigenvalue weighted by atomic mass is 14.8. The first-order valence-corrected chi connectivity index (χ1v) is 5.43. The minimum atomic E-state index is 0.556. The van der Waals surface area contributed by atoms with E-state index in [4.69, 9.17) is 0 Å². The lowest BCUT2D eigenvalue weighted by molar-refractivity contribution is 0.606. The summed E-state index contributed by atoms with van der Waals surface area (Å²) in [6.45, 7) is 6.67. The lowest BCUT2D eigenvalue weighted by Crippen LogP contribution is -2.24. The molecule has 0 aromatic heterocycles. The average Bonchev–Trinajstić information content (AvgIpc) is 2.21. The molecule has 1 heteroatoms. The van der Waals surface area contributed by atoms with Crippen molar-refractivity contribution in [2.24, 2.45) is 0 Å². The Morgan fingerprint density at radius 1 is 1.29 bits per heavy atom. The molecule has 0 heterocycles. The third-order valence-electron chi connectivity index (χ3n) is 2.96. The van der Waals surface area contributed by atoms with Gasteiger partial charge >= 0.3 is 0 Å². The Morgan fingerprint density at radius 2 is 1.93 bits per heavy atom. The summed E-state index contributed by atoms with van der Waals surface area (Å²) in [5, 5.41) is 3.28. The molecule has 1 N–H and O–H groups in total. The fourth-order valence-electron chi connectivity index (χ4n) is 1.77. The van der Waals surface area contributed by atoms with Gasteiger partial charge in [0.05, 0.1) is 0 Å². The van der Waals surface area contributed by atoms with Crippen molar-refractivity contribution in [2.45, 2.75) is 39.7 Å². The Morgan fingerprint density at radius 3 is 2.50 bits per heavy atom. The highest BCUT2D eigenvalue weighted by Crippen LogP contribution is 2.15. The number of benzene rings is 1. The smallest absolute Gasteiger partial charge is 0.00762 e. The van der Waals surface area contributed by atoms with Gasteiger partial charge in [-0.3, -0.25) is 0 Å². The molecule has 1 rings (SSSR count). The molecule has 1 atom stereocenters. The largest absolute Gasteiger partial charge is 0.317 e. The minimum Gasteiger partial charge on any atom is -0.317 e. The molecule has 1 nitrogen and oxygen atoms in total. The lowest BCUT2D eigenvalue weighted by atomic mass is 9.96. The summed E-state index contributed by atoms with van der Waals surface area (Å²) >= 11 is 0. The molecular weight excluding hydrogens is 170 g/mol. The third kappa shape index (κ3) is 2.58. The predicted molar refractivity (Wildman–Crippen MR) is 62.8 cm³/mol. The Labute approximate surface area is 87.5 Å².